The fourth-order valence-electron chi connectivity index (χ4n) is 1.25. The van der Waals surface area contributed by atoms with Crippen molar-refractivity contribution in [3.8, 4) is 12.3 Å². The first kappa shape index (κ1) is 9.59. The number of terminal acetylenes is 1. The van der Waals surface area contributed by atoms with Crippen LogP contribution in [0.1, 0.15) is 6.42 Å². The minimum atomic E-state index is -0.640. The highest BCUT2D eigenvalue weighted by Gasteiger charge is 2.35. The van der Waals surface area contributed by atoms with E-state index in [0.29, 0.717) is 13.0 Å². The summed E-state index contributed by atoms with van der Waals surface area (Å²) in [5, 5.41) is 0. The van der Waals surface area contributed by atoms with E-state index in [4.69, 9.17) is 6.42 Å². The van der Waals surface area contributed by atoms with Crippen molar-refractivity contribution in [1.82, 2.24) is 4.90 Å². The lowest BCUT2D eigenvalue weighted by Crippen LogP contribution is -2.28. The number of rotatable bonds is 2. The number of amides is 1. The van der Waals surface area contributed by atoms with E-state index in [1.165, 1.54) is 4.90 Å². The molecule has 1 heterocycles. The molecule has 70 valence electrons. The number of hydrogen-bond donors (Lipinski definition) is 0. The van der Waals surface area contributed by atoms with Crippen molar-refractivity contribution in [2.24, 2.45) is 5.92 Å². The Hall–Kier alpha value is -1.50. The predicted octanol–water partition coefficient (Wildman–Crippen LogP) is -0.359. The number of ether oxygens (including phenoxy) is 1. The first-order valence-electron chi connectivity index (χ1n) is 4.02. The summed E-state index contributed by atoms with van der Waals surface area (Å²) < 4.78 is 4.67. The molecule has 0 aliphatic carbocycles. The molecule has 0 aromatic carbocycles. The van der Waals surface area contributed by atoms with Crippen molar-refractivity contribution in [3.63, 3.8) is 0 Å². The number of carbonyl (C=O) groups is 2. The zero-order valence-corrected chi connectivity index (χ0v) is 7.45. The topological polar surface area (TPSA) is 46.6 Å². The van der Waals surface area contributed by atoms with E-state index < -0.39 is 11.9 Å². The molecule has 0 aromatic rings. The Balaban J connectivity index is 2.49. The van der Waals surface area contributed by atoms with E-state index in [1.54, 1.807) is 7.05 Å². The molecular formula is C9H11NO3. The molecule has 4 heteroatoms. The van der Waals surface area contributed by atoms with Crippen LogP contribution >= 0.6 is 0 Å². The molecular weight excluding hydrogens is 170 g/mol. The van der Waals surface area contributed by atoms with Crippen LogP contribution in [0.4, 0.5) is 0 Å². The Morgan fingerprint density at radius 3 is 3.00 bits per heavy atom. The van der Waals surface area contributed by atoms with Gasteiger partial charge in [0.05, 0.1) is 0 Å². The van der Waals surface area contributed by atoms with Gasteiger partial charge in [-0.3, -0.25) is 9.59 Å². The molecule has 1 amide bonds. The third kappa shape index (κ3) is 2.00. The maximum absolute atomic E-state index is 11.3. The molecule has 4 nitrogen and oxygen atoms in total. The van der Waals surface area contributed by atoms with Gasteiger partial charge >= 0.3 is 5.97 Å². The second kappa shape index (κ2) is 3.94. The Bertz CT molecular complexity index is 267. The highest BCUT2D eigenvalue weighted by atomic mass is 16.5. The molecule has 1 rings (SSSR count). The van der Waals surface area contributed by atoms with Gasteiger partial charge in [-0.2, -0.15) is 0 Å². The molecule has 0 spiro atoms. The van der Waals surface area contributed by atoms with Crippen molar-refractivity contribution in [2.45, 2.75) is 6.42 Å². The van der Waals surface area contributed by atoms with Gasteiger partial charge in [-0.1, -0.05) is 5.92 Å². The zero-order valence-electron chi connectivity index (χ0n) is 7.45. The van der Waals surface area contributed by atoms with Crippen molar-refractivity contribution < 1.29 is 14.3 Å². The SMILES string of the molecule is C#CCOC(=O)C1CCN(C)C1=O. The quantitative estimate of drug-likeness (QED) is 0.332. The second-order valence-corrected chi connectivity index (χ2v) is 2.91. The van der Waals surface area contributed by atoms with Crippen molar-refractivity contribution >= 4 is 11.9 Å². The van der Waals surface area contributed by atoms with Crippen LogP contribution in [0.2, 0.25) is 0 Å². The monoisotopic (exact) mass is 181 g/mol. The molecule has 13 heavy (non-hydrogen) atoms. The van der Waals surface area contributed by atoms with Gasteiger partial charge in [0.25, 0.3) is 0 Å². The van der Waals surface area contributed by atoms with Crippen LogP contribution in [0.5, 0.6) is 0 Å². The normalized spacial score (nSPS) is 21.4. The molecule has 1 saturated heterocycles. The zero-order chi connectivity index (χ0) is 9.84. The van der Waals surface area contributed by atoms with Crippen molar-refractivity contribution in [1.29, 1.82) is 0 Å². The fraction of sp³-hybridized carbons (Fsp3) is 0.556. The summed E-state index contributed by atoms with van der Waals surface area (Å²) in [5.41, 5.74) is 0. The van der Waals surface area contributed by atoms with E-state index in [-0.39, 0.29) is 12.5 Å². The smallest absolute Gasteiger partial charge is 0.319 e. The van der Waals surface area contributed by atoms with E-state index in [2.05, 4.69) is 10.7 Å². The first-order valence-corrected chi connectivity index (χ1v) is 4.02. The molecule has 1 atom stereocenters. The van der Waals surface area contributed by atoms with Crippen LogP contribution in [0.3, 0.4) is 0 Å². The summed E-state index contributed by atoms with van der Waals surface area (Å²) in [7, 11) is 1.66. The molecule has 1 aliphatic heterocycles. The average molecular weight is 181 g/mol. The molecule has 1 fully saturated rings. The number of hydrogen-bond acceptors (Lipinski definition) is 3. The van der Waals surface area contributed by atoms with Gasteiger partial charge in [0.2, 0.25) is 5.91 Å². The number of likely N-dealkylation sites (tertiary alicyclic amines) is 1. The van der Waals surface area contributed by atoms with Gasteiger partial charge in [0, 0.05) is 13.6 Å². The highest BCUT2D eigenvalue weighted by molar-refractivity contribution is 5.99. The Morgan fingerprint density at radius 1 is 1.85 bits per heavy atom. The Kier molecular flexibility index (Phi) is 2.91. The van der Waals surface area contributed by atoms with Gasteiger partial charge < -0.3 is 9.64 Å². The molecule has 1 unspecified atom stereocenters. The molecule has 0 aromatic heterocycles. The van der Waals surface area contributed by atoms with Gasteiger partial charge in [-0.25, -0.2) is 0 Å². The lowest BCUT2D eigenvalue weighted by Gasteiger charge is -2.08. The maximum Gasteiger partial charge on any atom is 0.319 e. The minimum absolute atomic E-state index is 0.0632. The molecule has 0 radical (unpaired) electrons. The first-order chi connectivity index (χ1) is 6.16. The predicted molar refractivity (Wildman–Crippen MR) is 45.5 cm³/mol. The fourth-order valence-corrected chi connectivity index (χ4v) is 1.25. The van der Waals surface area contributed by atoms with Crippen molar-refractivity contribution in [2.75, 3.05) is 20.2 Å². The van der Waals surface area contributed by atoms with Gasteiger partial charge in [0.1, 0.15) is 5.92 Å². The largest absolute Gasteiger partial charge is 0.452 e. The van der Waals surface area contributed by atoms with E-state index in [0.717, 1.165) is 0 Å². The molecule has 1 aliphatic rings. The molecule has 0 saturated carbocycles. The number of nitrogens with zero attached hydrogens (tertiary/aromatic N) is 1. The van der Waals surface area contributed by atoms with Crippen LogP contribution in [-0.4, -0.2) is 37.0 Å². The maximum atomic E-state index is 11.3. The van der Waals surface area contributed by atoms with Crippen LogP contribution < -0.4 is 0 Å². The van der Waals surface area contributed by atoms with Crippen LogP contribution in [0, 0.1) is 18.3 Å². The highest BCUT2D eigenvalue weighted by Crippen LogP contribution is 2.17. The third-order valence-electron chi connectivity index (χ3n) is 2.01. The summed E-state index contributed by atoms with van der Waals surface area (Å²) in [6.07, 6.45) is 5.44. The van der Waals surface area contributed by atoms with E-state index >= 15 is 0 Å². The number of carbonyl (C=O) groups excluding carboxylic acids is 2. The van der Waals surface area contributed by atoms with Crippen LogP contribution in [-0.2, 0) is 14.3 Å². The average Bonchev–Trinajstić information content (AvgIpc) is 2.44. The van der Waals surface area contributed by atoms with Gasteiger partial charge in [-0.05, 0) is 6.42 Å². The summed E-state index contributed by atoms with van der Waals surface area (Å²) in [5.74, 6) is 0.854. The molecule has 0 bridgehead atoms. The van der Waals surface area contributed by atoms with Crippen LogP contribution in [0.15, 0.2) is 0 Å². The number of esters is 1. The molecule has 0 N–H and O–H groups in total. The van der Waals surface area contributed by atoms with Gasteiger partial charge in [-0.15, -0.1) is 6.42 Å². The van der Waals surface area contributed by atoms with Crippen molar-refractivity contribution in [3.05, 3.63) is 0 Å². The summed E-state index contributed by atoms with van der Waals surface area (Å²) in [6, 6.07) is 0. The van der Waals surface area contributed by atoms with Crippen LogP contribution in [0.25, 0.3) is 0 Å². The summed E-state index contributed by atoms with van der Waals surface area (Å²) in [4.78, 5) is 24.0. The second-order valence-electron chi connectivity index (χ2n) is 2.91. The minimum Gasteiger partial charge on any atom is -0.452 e. The summed E-state index contributed by atoms with van der Waals surface area (Å²) in [6.45, 7) is 0.543. The lowest BCUT2D eigenvalue weighted by atomic mass is 10.1. The summed E-state index contributed by atoms with van der Waals surface area (Å²) >= 11 is 0. The third-order valence-corrected chi connectivity index (χ3v) is 2.01. The Morgan fingerprint density at radius 2 is 2.54 bits per heavy atom. The Labute approximate surface area is 76.8 Å². The standard InChI is InChI=1S/C9H11NO3/c1-3-6-13-9(12)7-4-5-10(2)8(7)11/h1,7H,4-6H2,2H3. The van der Waals surface area contributed by atoms with E-state index in [9.17, 15) is 9.59 Å². The van der Waals surface area contributed by atoms with E-state index in [1.807, 2.05) is 0 Å². The lowest BCUT2D eigenvalue weighted by molar-refractivity contribution is -0.151. The van der Waals surface area contributed by atoms with Gasteiger partial charge in [0.15, 0.2) is 6.61 Å².